The van der Waals surface area contributed by atoms with Gasteiger partial charge in [0.05, 0.1) is 6.10 Å². The second-order valence-corrected chi connectivity index (χ2v) is 4.72. The number of hydrogen-bond donors (Lipinski definition) is 2. The number of amides is 1. The van der Waals surface area contributed by atoms with Crippen molar-refractivity contribution in [1.29, 1.82) is 0 Å². The molecule has 1 unspecified atom stereocenters. The van der Waals surface area contributed by atoms with Gasteiger partial charge in [0, 0.05) is 13.0 Å². The van der Waals surface area contributed by atoms with E-state index < -0.39 is 5.97 Å². The highest BCUT2D eigenvalue weighted by atomic mass is 16.5. The molecule has 17 heavy (non-hydrogen) atoms. The van der Waals surface area contributed by atoms with Gasteiger partial charge in [-0.05, 0) is 18.8 Å². The summed E-state index contributed by atoms with van der Waals surface area (Å²) in [5, 5.41) is 11.2. The predicted molar refractivity (Wildman–Crippen MR) is 62.6 cm³/mol. The highest BCUT2D eigenvalue weighted by Crippen LogP contribution is 2.20. The van der Waals surface area contributed by atoms with Crippen molar-refractivity contribution in [2.45, 2.75) is 45.1 Å². The Bertz CT molecular complexity index is 261. The molecule has 0 aromatic heterocycles. The third-order valence-corrected chi connectivity index (χ3v) is 2.92. The molecule has 98 valence electrons. The molecule has 1 aliphatic carbocycles. The van der Waals surface area contributed by atoms with Crippen LogP contribution in [-0.2, 0) is 14.3 Å². The second-order valence-electron chi connectivity index (χ2n) is 4.72. The zero-order chi connectivity index (χ0) is 12.7. The van der Waals surface area contributed by atoms with Crippen molar-refractivity contribution >= 4 is 11.9 Å². The van der Waals surface area contributed by atoms with Gasteiger partial charge >= 0.3 is 5.97 Å². The van der Waals surface area contributed by atoms with E-state index in [2.05, 4.69) is 5.32 Å². The highest BCUT2D eigenvalue weighted by molar-refractivity contribution is 5.77. The molecule has 1 aliphatic rings. The summed E-state index contributed by atoms with van der Waals surface area (Å²) in [6.45, 7) is 2.27. The first-order chi connectivity index (χ1) is 8.08. The third-order valence-electron chi connectivity index (χ3n) is 2.92. The molecule has 1 rings (SSSR count). The zero-order valence-corrected chi connectivity index (χ0v) is 10.3. The number of carboxylic acids is 1. The quantitative estimate of drug-likeness (QED) is 0.704. The molecule has 0 aromatic rings. The molecule has 5 nitrogen and oxygen atoms in total. The summed E-state index contributed by atoms with van der Waals surface area (Å²) in [5.41, 5.74) is 0. The Morgan fingerprint density at radius 1 is 1.41 bits per heavy atom. The first-order valence-electron chi connectivity index (χ1n) is 6.18. The van der Waals surface area contributed by atoms with Gasteiger partial charge in [0.25, 0.3) is 0 Å². The number of ether oxygens (including phenoxy) is 1. The van der Waals surface area contributed by atoms with Gasteiger partial charge in [-0.2, -0.15) is 0 Å². The first-order valence-corrected chi connectivity index (χ1v) is 6.18. The molecule has 0 aromatic carbocycles. The van der Waals surface area contributed by atoms with Gasteiger partial charge in [-0.25, -0.2) is 0 Å². The van der Waals surface area contributed by atoms with E-state index in [1.807, 2.05) is 0 Å². The van der Waals surface area contributed by atoms with E-state index in [0.717, 1.165) is 12.8 Å². The van der Waals surface area contributed by atoms with Crippen LogP contribution >= 0.6 is 0 Å². The van der Waals surface area contributed by atoms with Crippen LogP contribution in [-0.4, -0.2) is 36.2 Å². The maximum absolute atomic E-state index is 11.4. The van der Waals surface area contributed by atoms with E-state index in [1.165, 1.54) is 12.8 Å². The lowest BCUT2D eigenvalue weighted by Crippen LogP contribution is -2.33. The van der Waals surface area contributed by atoms with Gasteiger partial charge in [0.2, 0.25) is 5.91 Å². The van der Waals surface area contributed by atoms with Crippen LogP contribution < -0.4 is 5.32 Å². The lowest BCUT2D eigenvalue weighted by molar-refractivity contribution is -0.138. The predicted octanol–water partition coefficient (Wildman–Crippen LogP) is 1.17. The number of nitrogens with one attached hydrogen (secondary N) is 1. The number of carbonyl (C=O) groups excluding carboxylic acids is 1. The summed E-state index contributed by atoms with van der Waals surface area (Å²) in [6, 6.07) is 0. The molecule has 1 amide bonds. The number of rotatable bonds is 7. The normalized spacial score (nSPS) is 17.9. The summed E-state index contributed by atoms with van der Waals surface area (Å²) in [7, 11) is 0. The lowest BCUT2D eigenvalue weighted by atomic mass is 10.1. The Morgan fingerprint density at radius 3 is 2.65 bits per heavy atom. The van der Waals surface area contributed by atoms with Gasteiger partial charge in [0.15, 0.2) is 0 Å². The summed E-state index contributed by atoms with van der Waals surface area (Å²) in [4.78, 5) is 21.8. The molecular formula is C12H21NO4. The maximum Gasteiger partial charge on any atom is 0.303 e. The molecule has 1 atom stereocenters. The van der Waals surface area contributed by atoms with E-state index in [9.17, 15) is 9.59 Å². The van der Waals surface area contributed by atoms with Crippen molar-refractivity contribution < 1.29 is 19.4 Å². The molecule has 0 spiro atoms. The zero-order valence-electron chi connectivity index (χ0n) is 10.3. The average molecular weight is 243 g/mol. The minimum atomic E-state index is -0.839. The van der Waals surface area contributed by atoms with Gasteiger partial charge in [-0.3, -0.25) is 9.59 Å². The van der Waals surface area contributed by atoms with E-state index in [-0.39, 0.29) is 31.0 Å². The van der Waals surface area contributed by atoms with E-state index >= 15 is 0 Å². The molecule has 1 fully saturated rings. The van der Waals surface area contributed by atoms with Crippen LogP contribution in [0.5, 0.6) is 0 Å². The topological polar surface area (TPSA) is 75.6 Å². The third kappa shape index (κ3) is 6.26. The Hall–Kier alpha value is -1.10. The van der Waals surface area contributed by atoms with E-state index in [1.54, 1.807) is 6.92 Å². The lowest BCUT2D eigenvalue weighted by Gasteiger charge is -2.13. The molecule has 0 saturated heterocycles. The highest BCUT2D eigenvalue weighted by Gasteiger charge is 2.16. The van der Waals surface area contributed by atoms with Crippen molar-refractivity contribution in [2.75, 3.05) is 13.2 Å². The van der Waals surface area contributed by atoms with Gasteiger partial charge in [-0.15, -0.1) is 0 Å². The molecule has 5 heteroatoms. The van der Waals surface area contributed by atoms with Gasteiger partial charge in [-0.1, -0.05) is 19.8 Å². The van der Waals surface area contributed by atoms with Crippen LogP contribution in [0.2, 0.25) is 0 Å². The van der Waals surface area contributed by atoms with Crippen molar-refractivity contribution in [2.24, 2.45) is 5.92 Å². The molecule has 0 aliphatic heterocycles. The molecule has 0 radical (unpaired) electrons. The monoisotopic (exact) mass is 243 g/mol. The van der Waals surface area contributed by atoms with Crippen LogP contribution in [0.15, 0.2) is 0 Å². The number of carboxylic acid groups (broad SMARTS) is 1. The number of hydrogen-bond acceptors (Lipinski definition) is 3. The van der Waals surface area contributed by atoms with Crippen LogP contribution in [0.3, 0.4) is 0 Å². The fourth-order valence-corrected chi connectivity index (χ4v) is 1.96. The van der Waals surface area contributed by atoms with Crippen LogP contribution in [0.1, 0.15) is 39.0 Å². The Morgan fingerprint density at radius 2 is 2.06 bits per heavy atom. The second kappa shape index (κ2) is 7.27. The summed E-state index contributed by atoms with van der Waals surface area (Å²) in [5.74, 6) is -1.05. The van der Waals surface area contributed by atoms with Crippen molar-refractivity contribution in [3.05, 3.63) is 0 Å². The van der Waals surface area contributed by atoms with Gasteiger partial charge < -0.3 is 15.2 Å². The molecule has 1 saturated carbocycles. The SMILES string of the molecule is CC(CNC(=O)COC1CCCC1)CC(=O)O. The first kappa shape index (κ1) is 14.0. The molecule has 0 bridgehead atoms. The maximum atomic E-state index is 11.4. The summed E-state index contributed by atoms with van der Waals surface area (Å²) < 4.78 is 5.45. The summed E-state index contributed by atoms with van der Waals surface area (Å²) >= 11 is 0. The van der Waals surface area contributed by atoms with Gasteiger partial charge in [0.1, 0.15) is 6.61 Å². The smallest absolute Gasteiger partial charge is 0.303 e. The van der Waals surface area contributed by atoms with Crippen LogP contribution in [0.4, 0.5) is 0 Å². The van der Waals surface area contributed by atoms with Crippen molar-refractivity contribution in [3.63, 3.8) is 0 Å². The fraction of sp³-hybridized carbons (Fsp3) is 0.833. The summed E-state index contributed by atoms with van der Waals surface area (Å²) in [6.07, 6.45) is 4.76. The minimum absolute atomic E-state index is 0.0528. The molecule has 0 heterocycles. The Balaban J connectivity index is 2.05. The number of aliphatic carboxylic acids is 1. The van der Waals surface area contributed by atoms with Crippen molar-refractivity contribution in [3.8, 4) is 0 Å². The largest absolute Gasteiger partial charge is 0.481 e. The van der Waals surface area contributed by atoms with E-state index in [0.29, 0.717) is 6.54 Å². The standard InChI is InChI=1S/C12H21NO4/c1-9(6-12(15)16)7-13-11(14)8-17-10-4-2-3-5-10/h9-10H,2-8H2,1H3,(H,13,14)(H,15,16). The minimum Gasteiger partial charge on any atom is -0.481 e. The fourth-order valence-electron chi connectivity index (χ4n) is 1.96. The Kier molecular flexibility index (Phi) is 5.97. The molecule has 2 N–H and O–H groups in total. The van der Waals surface area contributed by atoms with Crippen LogP contribution in [0, 0.1) is 5.92 Å². The van der Waals surface area contributed by atoms with Crippen molar-refractivity contribution in [1.82, 2.24) is 5.32 Å². The average Bonchev–Trinajstić information content (AvgIpc) is 2.75. The Labute approximate surface area is 102 Å². The number of carbonyl (C=O) groups is 2. The van der Waals surface area contributed by atoms with Crippen LogP contribution in [0.25, 0.3) is 0 Å². The van der Waals surface area contributed by atoms with E-state index in [4.69, 9.17) is 9.84 Å². The molecular weight excluding hydrogens is 222 g/mol.